The fraction of sp³-hybridized carbons (Fsp3) is 0.500. The van der Waals surface area contributed by atoms with Gasteiger partial charge in [0.1, 0.15) is 0 Å². The van der Waals surface area contributed by atoms with Crippen molar-refractivity contribution in [3.8, 4) is 0 Å². The average molecular weight is 263 g/mol. The molecule has 1 aromatic heterocycles. The molecular formula is C10H15ClN2O2S. The van der Waals surface area contributed by atoms with Gasteiger partial charge in [-0.15, -0.1) is 12.4 Å². The predicted molar refractivity (Wildman–Crippen MR) is 66.4 cm³/mol. The molecule has 0 atom stereocenters. The van der Waals surface area contributed by atoms with Crippen molar-refractivity contribution in [2.45, 2.75) is 26.2 Å². The minimum Gasteiger partial charge on any atom is -0.305 e. The summed E-state index contributed by atoms with van der Waals surface area (Å²) in [5, 5.41) is 7.82. The van der Waals surface area contributed by atoms with Crippen LogP contribution in [0.2, 0.25) is 0 Å². The van der Waals surface area contributed by atoms with Crippen LogP contribution < -0.4 is 0 Å². The first kappa shape index (κ1) is 13.3. The molecule has 2 rings (SSSR count). The van der Waals surface area contributed by atoms with Crippen LogP contribution in [0.3, 0.4) is 0 Å². The summed E-state index contributed by atoms with van der Waals surface area (Å²) in [7, 11) is -3.23. The summed E-state index contributed by atoms with van der Waals surface area (Å²) in [6.07, 6.45) is 5.19. The maximum Gasteiger partial charge on any atom is 0.235 e. The predicted octanol–water partition coefficient (Wildman–Crippen LogP) is 1.73. The summed E-state index contributed by atoms with van der Waals surface area (Å²) in [5.41, 5.74) is 3.08. The Bertz CT molecular complexity index is 531. The van der Waals surface area contributed by atoms with Gasteiger partial charge in [-0.2, -0.15) is 0 Å². The fourth-order valence-corrected chi connectivity index (χ4v) is 3.09. The van der Waals surface area contributed by atoms with Crippen LogP contribution >= 0.6 is 12.4 Å². The van der Waals surface area contributed by atoms with E-state index in [0.717, 1.165) is 36.1 Å². The minimum absolute atomic E-state index is 0. The molecule has 0 aromatic carbocycles. The summed E-state index contributed by atoms with van der Waals surface area (Å²) in [6, 6.07) is 0. The third-order valence-electron chi connectivity index (χ3n) is 2.76. The first-order valence-electron chi connectivity index (χ1n) is 4.90. The molecule has 1 aliphatic carbocycles. The molecule has 0 saturated heterocycles. The molecule has 0 bridgehead atoms. The monoisotopic (exact) mass is 262 g/mol. The fourth-order valence-electron chi connectivity index (χ4n) is 2.16. The van der Waals surface area contributed by atoms with E-state index >= 15 is 0 Å². The normalized spacial score (nSPS) is 15.5. The maximum absolute atomic E-state index is 11.5. The molecule has 1 aromatic rings. The van der Waals surface area contributed by atoms with Crippen LogP contribution in [0.4, 0.5) is 0 Å². The van der Waals surface area contributed by atoms with Gasteiger partial charge in [-0.3, -0.25) is 0 Å². The van der Waals surface area contributed by atoms with Gasteiger partial charge < -0.3 is 5.41 Å². The van der Waals surface area contributed by atoms with Gasteiger partial charge >= 0.3 is 0 Å². The number of fused-ring (bicyclic) bond motifs is 1. The molecule has 90 valence electrons. The smallest absolute Gasteiger partial charge is 0.235 e. The Hall–Kier alpha value is -0.810. The number of nitrogens with zero attached hydrogens (tertiary/aromatic N) is 1. The number of aromatic nitrogens is 1. The first-order valence-corrected chi connectivity index (χ1v) is 6.75. The first-order chi connectivity index (χ1) is 6.91. The van der Waals surface area contributed by atoms with Crippen molar-refractivity contribution < 1.29 is 8.42 Å². The summed E-state index contributed by atoms with van der Waals surface area (Å²) < 4.78 is 24.4. The third-order valence-corrected chi connectivity index (χ3v) is 3.80. The van der Waals surface area contributed by atoms with Crippen molar-refractivity contribution >= 4 is 28.1 Å². The molecule has 0 fully saturated rings. The number of hydrogen-bond donors (Lipinski definition) is 1. The lowest BCUT2D eigenvalue weighted by Crippen LogP contribution is -2.17. The zero-order chi connectivity index (χ0) is 11.2. The Balaban J connectivity index is 0.00000128. The highest BCUT2D eigenvalue weighted by Gasteiger charge is 2.24. The topological polar surface area (TPSA) is 62.9 Å². The summed E-state index contributed by atoms with van der Waals surface area (Å²) in [4.78, 5) is 0. The van der Waals surface area contributed by atoms with Crippen LogP contribution in [0.15, 0.2) is 6.20 Å². The van der Waals surface area contributed by atoms with Gasteiger partial charge in [-0.1, -0.05) is 0 Å². The zero-order valence-corrected chi connectivity index (χ0v) is 10.9. The van der Waals surface area contributed by atoms with Crippen molar-refractivity contribution in [2.24, 2.45) is 0 Å². The van der Waals surface area contributed by atoms with Crippen LogP contribution in [-0.2, 0) is 16.4 Å². The van der Waals surface area contributed by atoms with Crippen molar-refractivity contribution in [2.75, 3.05) is 6.26 Å². The lowest BCUT2D eigenvalue weighted by Gasteiger charge is -2.15. The average Bonchev–Trinajstić information content (AvgIpc) is 2.44. The molecule has 0 spiro atoms. The van der Waals surface area contributed by atoms with E-state index in [1.165, 1.54) is 10.2 Å². The molecule has 0 aliphatic heterocycles. The largest absolute Gasteiger partial charge is 0.305 e. The van der Waals surface area contributed by atoms with Gasteiger partial charge in [0.2, 0.25) is 10.0 Å². The number of hydrogen-bond acceptors (Lipinski definition) is 3. The van der Waals surface area contributed by atoms with E-state index in [2.05, 4.69) is 0 Å². The van der Waals surface area contributed by atoms with E-state index in [-0.39, 0.29) is 12.4 Å². The lowest BCUT2D eigenvalue weighted by molar-refractivity contribution is 0.590. The van der Waals surface area contributed by atoms with Crippen LogP contribution in [-0.4, -0.2) is 24.4 Å². The lowest BCUT2D eigenvalue weighted by atomic mass is 9.94. The number of nitrogens with one attached hydrogen (secondary N) is 1. The number of aryl methyl sites for hydroxylation is 1. The second-order valence-electron chi connectivity index (χ2n) is 4.02. The summed E-state index contributed by atoms with van der Waals surface area (Å²) in [6.45, 7) is 1.86. The third kappa shape index (κ3) is 2.01. The molecule has 6 heteroatoms. The Morgan fingerprint density at radius 3 is 2.56 bits per heavy atom. The van der Waals surface area contributed by atoms with Gasteiger partial charge in [0.25, 0.3) is 0 Å². The van der Waals surface area contributed by atoms with E-state index in [9.17, 15) is 8.42 Å². The van der Waals surface area contributed by atoms with Crippen molar-refractivity contribution in [3.63, 3.8) is 0 Å². The molecule has 16 heavy (non-hydrogen) atoms. The van der Waals surface area contributed by atoms with Crippen molar-refractivity contribution in [1.82, 2.24) is 3.97 Å². The van der Waals surface area contributed by atoms with Gasteiger partial charge in [-0.25, -0.2) is 12.4 Å². The Morgan fingerprint density at radius 1 is 1.38 bits per heavy atom. The van der Waals surface area contributed by atoms with Crippen LogP contribution in [0.1, 0.15) is 29.7 Å². The quantitative estimate of drug-likeness (QED) is 0.838. The van der Waals surface area contributed by atoms with E-state index in [0.29, 0.717) is 5.71 Å². The molecule has 1 heterocycles. The molecule has 0 unspecified atom stereocenters. The molecule has 4 nitrogen and oxygen atoms in total. The van der Waals surface area contributed by atoms with Crippen molar-refractivity contribution in [3.05, 3.63) is 23.0 Å². The second-order valence-corrected chi connectivity index (χ2v) is 5.88. The van der Waals surface area contributed by atoms with Gasteiger partial charge in [0, 0.05) is 23.2 Å². The standard InChI is InChI=1S/C10H14N2O2S.ClH/c1-7-6-12(15(2,13)14)9-5-3-4-8(11)10(7)9;/h6,11H,3-5H2,1-2H3;1H. The molecule has 0 amide bonds. The molecule has 0 radical (unpaired) electrons. The Kier molecular flexibility index (Phi) is 3.50. The van der Waals surface area contributed by atoms with Crippen LogP contribution in [0, 0.1) is 12.3 Å². The Labute approximate surface area is 102 Å². The van der Waals surface area contributed by atoms with Gasteiger partial charge in [0.15, 0.2) is 0 Å². The van der Waals surface area contributed by atoms with Crippen molar-refractivity contribution in [1.29, 1.82) is 5.41 Å². The van der Waals surface area contributed by atoms with Crippen LogP contribution in [0.25, 0.3) is 0 Å². The highest BCUT2D eigenvalue weighted by atomic mass is 35.5. The summed E-state index contributed by atoms with van der Waals surface area (Å²) in [5.74, 6) is 0. The summed E-state index contributed by atoms with van der Waals surface area (Å²) >= 11 is 0. The molecular weight excluding hydrogens is 248 g/mol. The van der Waals surface area contributed by atoms with Crippen LogP contribution in [0.5, 0.6) is 0 Å². The van der Waals surface area contributed by atoms with Gasteiger partial charge in [-0.05, 0) is 31.7 Å². The highest BCUT2D eigenvalue weighted by molar-refractivity contribution is 7.89. The zero-order valence-electron chi connectivity index (χ0n) is 9.28. The molecule has 1 N–H and O–H groups in total. The molecule has 0 saturated carbocycles. The molecule has 1 aliphatic rings. The SMILES string of the molecule is Cc1cn(S(C)(=O)=O)c2c1C(=N)CCC2.Cl. The Morgan fingerprint density at radius 2 is 2.00 bits per heavy atom. The minimum atomic E-state index is -3.23. The van der Waals surface area contributed by atoms with Gasteiger partial charge in [0.05, 0.1) is 6.26 Å². The van der Waals surface area contributed by atoms with E-state index in [1.54, 1.807) is 6.20 Å². The van der Waals surface area contributed by atoms with E-state index in [1.807, 2.05) is 6.92 Å². The number of halogens is 1. The van der Waals surface area contributed by atoms with E-state index in [4.69, 9.17) is 5.41 Å². The maximum atomic E-state index is 11.5. The number of rotatable bonds is 1. The second kappa shape index (κ2) is 4.22. The highest BCUT2D eigenvalue weighted by Crippen LogP contribution is 2.26. The van der Waals surface area contributed by atoms with E-state index < -0.39 is 10.0 Å².